The zero-order valence-electron chi connectivity index (χ0n) is 10.3. The van der Waals surface area contributed by atoms with E-state index >= 15 is 0 Å². The molecule has 4 atom stereocenters. The van der Waals surface area contributed by atoms with Gasteiger partial charge in [-0.05, 0) is 32.1 Å². The Bertz CT molecular complexity index is 269. The molecule has 0 aromatic rings. The first-order chi connectivity index (χ1) is 8.22. The molecule has 17 heavy (non-hydrogen) atoms. The normalized spacial score (nSPS) is 38.0. The topological polar surface area (TPSA) is 69.6 Å². The average Bonchev–Trinajstić information content (AvgIpc) is 2.76. The Balaban J connectivity index is 1.88. The zero-order valence-corrected chi connectivity index (χ0v) is 10.3. The third kappa shape index (κ3) is 2.99. The van der Waals surface area contributed by atoms with E-state index in [4.69, 9.17) is 0 Å². The van der Waals surface area contributed by atoms with Crippen molar-refractivity contribution in [2.45, 2.75) is 57.1 Å². The largest absolute Gasteiger partial charge is 0.396 e. The van der Waals surface area contributed by atoms with Crippen LogP contribution in [0.4, 0.5) is 0 Å². The number of carbonyl (C=O) groups is 1. The predicted molar refractivity (Wildman–Crippen MR) is 64.3 cm³/mol. The van der Waals surface area contributed by atoms with Crippen LogP contribution < -0.4 is 5.32 Å². The monoisotopic (exact) mass is 241 g/mol. The summed E-state index contributed by atoms with van der Waals surface area (Å²) in [7, 11) is 0. The number of rotatable bonds is 3. The molecule has 2 aliphatic rings. The van der Waals surface area contributed by atoms with Gasteiger partial charge in [0.2, 0.25) is 5.91 Å². The van der Waals surface area contributed by atoms with Crippen LogP contribution in [0, 0.1) is 11.8 Å². The predicted octanol–water partition coefficient (Wildman–Crippen LogP) is 0.815. The van der Waals surface area contributed by atoms with Gasteiger partial charge in [-0.1, -0.05) is 12.8 Å². The van der Waals surface area contributed by atoms with Crippen molar-refractivity contribution in [3.63, 3.8) is 0 Å². The van der Waals surface area contributed by atoms with Gasteiger partial charge in [0.25, 0.3) is 0 Å². The highest BCUT2D eigenvalue weighted by molar-refractivity contribution is 5.79. The summed E-state index contributed by atoms with van der Waals surface area (Å²) in [5.74, 6) is -0.0390. The molecule has 4 nitrogen and oxygen atoms in total. The Hall–Kier alpha value is -0.610. The van der Waals surface area contributed by atoms with Crippen LogP contribution in [-0.2, 0) is 4.79 Å². The quantitative estimate of drug-likeness (QED) is 0.685. The molecule has 98 valence electrons. The molecule has 3 N–H and O–H groups in total. The molecule has 0 bridgehead atoms. The van der Waals surface area contributed by atoms with E-state index in [0.29, 0.717) is 0 Å². The van der Waals surface area contributed by atoms with Crippen LogP contribution in [0.2, 0.25) is 0 Å². The van der Waals surface area contributed by atoms with Crippen molar-refractivity contribution in [3.8, 4) is 0 Å². The number of hydrogen-bond acceptors (Lipinski definition) is 3. The lowest BCUT2D eigenvalue weighted by Gasteiger charge is -2.32. The highest BCUT2D eigenvalue weighted by Gasteiger charge is 2.34. The van der Waals surface area contributed by atoms with Crippen LogP contribution in [0.5, 0.6) is 0 Å². The number of amides is 1. The number of nitrogens with one attached hydrogen (secondary N) is 1. The third-order valence-corrected chi connectivity index (χ3v) is 4.29. The Kier molecular flexibility index (Phi) is 4.40. The van der Waals surface area contributed by atoms with Crippen LogP contribution in [0.3, 0.4) is 0 Å². The second-order valence-electron chi connectivity index (χ2n) is 5.45. The number of carbonyl (C=O) groups excluding carboxylic acids is 1. The third-order valence-electron chi connectivity index (χ3n) is 4.29. The zero-order chi connectivity index (χ0) is 12.3. The van der Waals surface area contributed by atoms with Gasteiger partial charge in [0.1, 0.15) is 0 Å². The van der Waals surface area contributed by atoms with Crippen molar-refractivity contribution in [3.05, 3.63) is 0 Å². The van der Waals surface area contributed by atoms with E-state index in [9.17, 15) is 15.0 Å². The first-order valence-electron chi connectivity index (χ1n) is 6.81. The van der Waals surface area contributed by atoms with Gasteiger partial charge in [0.05, 0.1) is 12.0 Å². The fourth-order valence-corrected chi connectivity index (χ4v) is 3.15. The van der Waals surface area contributed by atoms with Gasteiger partial charge in [0, 0.05) is 18.6 Å². The molecule has 4 unspecified atom stereocenters. The summed E-state index contributed by atoms with van der Waals surface area (Å²) in [5.41, 5.74) is 0. The first kappa shape index (κ1) is 12.8. The first-order valence-corrected chi connectivity index (χ1v) is 6.81. The number of aliphatic hydroxyl groups is 2. The molecule has 0 aromatic carbocycles. The molecule has 4 heteroatoms. The highest BCUT2D eigenvalue weighted by Crippen LogP contribution is 2.28. The van der Waals surface area contributed by atoms with Crippen LogP contribution in [0.15, 0.2) is 0 Å². The Morgan fingerprint density at radius 2 is 1.88 bits per heavy atom. The van der Waals surface area contributed by atoms with Crippen LogP contribution in [0.25, 0.3) is 0 Å². The lowest BCUT2D eigenvalue weighted by atomic mass is 9.84. The van der Waals surface area contributed by atoms with E-state index in [1.807, 2.05) is 0 Å². The summed E-state index contributed by atoms with van der Waals surface area (Å²) in [6.45, 7) is 0.151. The minimum absolute atomic E-state index is 0.0136. The van der Waals surface area contributed by atoms with E-state index < -0.39 is 6.10 Å². The fourth-order valence-electron chi connectivity index (χ4n) is 3.15. The van der Waals surface area contributed by atoms with Crippen molar-refractivity contribution < 1.29 is 15.0 Å². The van der Waals surface area contributed by atoms with Crippen molar-refractivity contribution in [1.82, 2.24) is 5.32 Å². The molecule has 2 fully saturated rings. The Labute approximate surface area is 102 Å². The summed E-state index contributed by atoms with van der Waals surface area (Å²) in [5, 5.41) is 22.0. The second kappa shape index (κ2) is 5.83. The van der Waals surface area contributed by atoms with Gasteiger partial charge in [-0.2, -0.15) is 0 Å². The van der Waals surface area contributed by atoms with Gasteiger partial charge in [-0.25, -0.2) is 0 Å². The van der Waals surface area contributed by atoms with Crippen molar-refractivity contribution >= 4 is 5.91 Å². The van der Waals surface area contributed by atoms with Gasteiger partial charge in [0.15, 0.2) is 0 Å². The van der Waals surface area contributed by atoms with E-state index in [2.05, 4.69) is 5.32 Å². The van der Waals surface area contributed by atoms with E-state index in [1.54, 1.807) is 0 Å². The summed E-state index contributed by atoms with van der Waals surface area (Å²) in [4.78, 5) is 12.0. The molecule has 0 radical (unpaired) electrons. The molecule has 0 aromatic heterocycles. The standard InChI is InChI=1S/C13H23NO3/c15-8-9-4-1-2-6-11(9)14-13(17)10-5-3-7-12(10)16/h9-12,15-16H,1-8H2,(H,14,17). The van der Waals surface area contributed by atoms with E-state index in [-0.39, 0.29) is 30.4 Å². The lowest BCUT2D eigenvalue weighted by Crippen LogP contribution is -2.46. The van der Waals surface area contributed by atoms with Crippen molar-refractivity contribution in [2.24, 2.45) is 11.8 Å². The molecule has 2 saturated carbocycles. The molecular formula is C13H23NO3. The van der Waals surface area contributed by atoms with Gasteiger partial charge in [-0.3, -0.25) is 4.79 Å². The SMILES string of the molecule is O=C(NC1CCCCC1CO)C1CCCC1O. The molecule has 0 heterocycles. The summed E-state index contributed by atoms with van der Waals surface area (Å²) >= 11 is 0. The van der Waals surface area contributed by atoms with E-state index in [1.165, 1.54) is 0 Å². The van der Waals surface area contributed by atoms with Crippen LogP contribution in [-0.4, -0.2) is 34.9 Å². The number of aliphatic hydroxyl groups excluding tert-OH is 2. The maximum atomic E-state index is 12.0. The van der Waals surface area contributed by atoms with Crippen molar-refractivity contribution in [1.29, 1.82) is 0 Å². The molecule has 0 aliphatic heterocycles. The summed E-state index contributed by atoms with van der Waals surface area (Å²) in [6, 6.07) is 0.106. The second-order valence-corrected chi connectivity index (χ2v) is 5.45. The van der Waals surface area contributed by atoms with Gasteiger partial charge in [-0.15, -0.1) is 0 Å². The maximum Gasteiger partial charge on any atom is 0.225 e. The molecule has 2 aliphatic carbocycles. The minimum atomic E-state index is -0.467. The Morgan fingerprint density at radius 1 is 1.12 bits per heavy atom. The molecule has 1 amide bonds. The maximum absolute atomic E-state index is 12.0. The van der Waals surface area contributed by atoms with Gasteiger partial charge >= 0.3 is 0 Å². The number of hydrogen-bond donors (Lipinski definition) is 3. The minimum Gasteiger partial charge on any atom is -0.396 e. The Morgan fingerprint density at radius 3 is 2.53 bits per heavy atom. The smallest absolute Gasteiger partial charge is 0.225 e. The molecular weight excluding hydrogens is 218 g/mol. The molecule has 2 rings (SSSR count). The van der Waals surface area contributed by atoms with Gasteiger partial charge < -0.3 is 15.5 Å². The van der Waals surface area contributed by atoms with Crippen LogP contribution in [0.1, 0.15) is 44.9 Å². The van der Waals surface area contributed by atoms with Crippen LogP contribution >= 0.6 is 0 Å². The van der Waals surface area contributed by atoms with E-state index in [0.717, 1.165) is 44.9 Å². The summed E-state index contributed by atoms with van der Waals surface area (Å²) < 4.78 is 0. The fraction of sp³-hybridized carbons (Fsp3) is 0.923. The van der Waals surface area contributed by atoms with Crippen molar-refractivity contribution in [2.75, 3.05) is 6.61 Å². The lowest BCUT2D eigenvalue weighted by molar-refractivity contribution is -0.129. The highest BCUT2D eigenvalue weighted by atomic mass is 16.3. The average molecular weight is 241 g/mol. The molecule has 0 spiro atoms. The molecule has 0 saturated heterocycles. The summed E-state index contributed by atoms with van der Waals surface area (Å²) in [6.07, 6.45) is 6.22.